The quantitative estimate of drug-likeness (QED) is 0.849. The first-order valence-corrected chi connectivity index (χ1v) is 10.2. The number of hydrogen-bond acceptors (Lipinski definition) is 5. The fourth-order valence-corrected chi connectivity index (χ4v) is 5.46. The van der Waals surface area contributed by atoms with E-state index in [-0.39, 0.29) is 6.10 Å². The van der Waals surface area contributed by atoms with Crippen LogP contribution in [-0.4, -0.2) is 48.3 Å². The van der Waals surface area contributed by atoms with Crippen LogP contribution in [0.5, 0.6) is 0 Å². The summed E-state index contributed by atoms with van der Waals surface area (Å²) < 4.78 is 12.0. The average molecular weight is 334 g/mol. The van der Waals surface area contributed by atoms with Gasteiger partial charge in [-0.1, -0.05) is 0 Å². The van der Waals surface area contributed by atoms with Crippen LogP contribution >= 0.6 is 11.3 Å². The molecule has 1 aromatic rings. The van der Waals surface area contributed by atoms with Crippen LogP contribution in [-0.2, 0) is 9.47 Å². The third-order valence-electron chi connectivity index (χ3n) is 6.10. The van der Waals surface area contributed by atoms with E-state index in [1.54, 1.807) is 0 Å². The zero-order valence-electron chi connectivity index (χ0n) is 13.7. The van der Waals surface area contributed by atoms with E-state index < -0.39 is 0 Å². The van der Waals surface area contributed by atoms with Crippen LogP contribution < -0.4 is 0 Å². The molecule has 23 heavy (non-hydrogen) atoms. The van der Waals surface area contributed by atoms with Gasteiger partial charge in [-0.25, -0.2) is 4.98 Å². The Kier molecular flexibility index (Phi) is 3.93. The Balaban J connectivity index is 1.23. The molecule has 3 saturated heterocycles. The minimum absolute atomic E-state index is 0.261. The fourth-order valence-electron chi connectivity index (χ4n) is 4.51. The van der Waals surface area contributed by atoms with E-state index in [0.717, 1.165) is 31.6 Å². The van der Waals surface area contributed by atoms with Crippen molar-refractivity contribution in [1.29, 1.82) is 0 Å². The Labute approximate surface area is 142 Å². The molecule has 0 aromatic carbocycles. The standard InChI is InChI=1S/C18H26N2O2S/c1-2-12(1)15-11-23-18(19-15)16-9-13-3-6-20(10-17(13)22-16)14-4-7-21-8-5-14/h11-14,16-17H,1-10H2/t13-,16-,17+/m1/s1. The highest BCUT2D eigenvalue weighted by molar-refractivity contribution is 7.09. The van der Waals surface area contributed by atoms with Gasteiger partial charge in [-0.15, -0.1) is 11.3 Å². The maximum Gasteiger partial charge on any atom is 0.122 e. The summed E-state index contributed by atoms with van der Waals surface area (Å²) in [5.74, 6) is 1.50. The molecule has 0 unspecified atom stereocenters. The SMILES string of the molecule is c1sc([C@H]2C[C@H]3CCN(C4CCOCC4)C[C@@H]3O2)nc1C1CC1. The molecule has 0 bridgehead atoms. The molecule has 4 fully saturated rings. The molecule has 4 nitrogen and oxygen atoms in total. The smallest absolute Gasteiger partial charge is 0.122 e. The summed E-state index contributed by atoms with van der Waals surface area (Å²) in [6.07, 6.45) is 8.21. The van der Waals surface area contributed by atoms with Crippen molar-refractivity contribution in [3.05, 3.63) is 16.1 Å². The molecule has 3 atom stereocenters. The third-order valence-corrected chi connectivity index (χ3v) is 7.06. The van der Waals surface area contributed by atoms with E-state index >= 15 is 0 Å². The van der Waals surface area contributed by atoms with Gasteiger partial charge in [-0.2, -0.15) is 0 Å². The summed E-state index contributed by atoms with van der Waals surface area (Å²) >= 11 is 1.82. The third kappa shape index (κ3) is 2.97. The maximum atomic E-state index is 6.46. The van der Waals surface area contributed by atoms with Gasteiger partial charge in [0.2, 0.25) is 0 Å². The molecule has 5 heteroatoms. The molecule has 0 N–H and O–H groups in total. The molecular weight excluding hydrogens is 308 g/mol. The van der Waals surface area contributed by atoms with Crippen molar-refractivity contribution in [2.45, 2.75) is 62.7 Å². The summed E-state index contributed by atoms with van der Waals surface area (Å²) in [4.78, 5) is 7.55. The van der Waals surface area contributed by atoms with E-state index in [9.17, 15) is 0 Å². The number of nitrogens with zero attached hydrogens (tertiary/aromatic N) is 2. The van der Waals surface area contributed by atoms with Crippen LogP contribution in [0.15, 0.2) is 5.38 Å². The van der Waals surface area contributed by atoms with Gasteiger partial charge in [0.05, 0.1) is 11.8 Å². The Morgan fingerprint density at radius 2 is 2.00 bits per heavy atom. The number of fused-ring (bicyclic) bond motifs is 1. The zero-order valence-corrected chi connectivity index (χ0v) is 14.5. The van der Waals surface area contributed by atoms with Crippen LogP contribution in [0, 0.1) is 5.92 Å². The molecular formula is C18H26N2O2S. The summed E-state index contributed by atoms with van der Waals surface area (Å²) in [7, 11) is 0. The Bertz CT molecular complexity index is 553. The van der Waals surface area contributed by atoms with Gasteiger partial charge < -0.3 is 9.47 Å². The van der Waals surface area contributed by atoms with E-state index in [2.05, 4.69) is 10.3 Å². The van der Waals surface area contributed by atoms with Crippen LogP contribution in [0.4, 0.5) is 0 Å². The summed E-state index contributed by atoms with van der Waals surface area (Å²) in [6.45, 7) is 4.23. The maximum absolute atomic E-state index is 6.46. The second kappa shape index (κ2) is 6.10. The van der Waals surface area contributed by atoms with Crippen molar-refractivity contribution in [1.82, 2.24) is 9.88 Å². The molecule has 0 amide bonds. The molecule has 126 valence electrons. The topological polar surface area (TPSA) is 34.6 Å². The summed E-state index contributed by atoms with van der Waals surface area (Å²) in [6, 6.07) is 0.716. The van der Waals surface area contributed by atoms with Gasteiger partial charge in [-0.3, -0.25) is 4.90 Å². The van der Waals surface area contributed by atoms with Crippen LogP contribution in [0.25, 0.3) is 0 Å². The Hall–Kier alpha value is -0.490. The van der Waals surface area contributed by atoms with E-state index in [1.165, 1.54) is 55.8 Å². The van der Waals surface area contributed by atoms with Crippen LogP contribution in [0.1, 0.15) is 61.2 Å². The van der Waals surface area contributed by atoms with Gasteiger partial charge >= 0.3 is 0 Å². The molecule has 0 radical (unpaired) electrons. The van der Waals surface area contributed by atoms with Crippen molar-refractivity contribution in [2.75, 3.05) is 26.3 Å². The number of ether oxygens (including phenoxy) is 2. The van der Waals surface area contributed by atoms with Crippen molar-refractivity contribution in [2.24, 2.45) is 5.92 Å². The fraction of sp³-hybridized carbons (Fsp3) is 0.833. The van der Waals surface area contributed by atoms with Crippen molar-refractivity contribution in [3.8, 4) is 0 Å². The highest BCUT2D eigenvalue weighted by Gasteiger charge is 2.42. The minimum atomic E-state index is 0.261. The lowest BCUT2D eigenvalue weighted by atomic mass is 9.90. The van der Waals surface area contributed by atoms with E-state index in [1.807, 2.05) is 11.3 Å². The second-order valence-electron chi connectivity index (χ2n) is 7.67. The van der Waals surface area contributed by atoms with E-state index in [0.29, 0.717) is 12.1 Å². The number of likely N-dealkylation sites (tertiary alicyclic amines) is 1. The first kappa shape index (κ1) is 14.8. The first-order valence-electron chi connectivity index (χ1n) is 9.29. The minimum Gasteiger partial charge on any atom is -0.381 e. The number of hydrogen-bond donors (Lipinski definition) is 0. The van der Waals surface area contributed by atoms with Crippen molar-refractivity contribution >= 4 is 11.3 Å². The molecule has 0 spiro atoms. The molecule has 1 aromatic heterocycles. The van der Waals surface area contributed by atoms with Crippen molar-refractivity contribution < 1.29 is 9.47 Å². The lowest BCUT2D eigenvalue weighted by Crippen LogP contribution is -2.49. The van der Waals surface area contributed by atoms with Gasteiger partial charge in [0, 0.05) is 37.1 Å². The highest BCUT2D eigenvalue weighted by Crippen LogP contribution is 2.45. The zero-order chi connectivity index (χ0) is 15.2. The molecule has 4 heterocycles. The summed E-state index contributed by atoms with van der Waals surface area (Å²) in [5.41, 5.74) is 1.33. The van der Waals surface area contributed by atoms with Gasteiger partial charge in [0.1, 0.15) is 11.1 Å². The monoisotopic (exact) mass is 334 g/mol. The van der Waals surface area contributed by atoms with Gasteiger partial charge in [-0.05, 0) is 51.0 Å². The molecule has 5 rings (SSSR count). The normalized spacial score (nSPS) is 36.3. The molecule has 1 saturated carbocycles. The predicted molar refractivity (Wildman–Crippen MR) is 89.8 cm³/mol. The average Bonchev–Trinajstić information content (AvgIpc) is 3.18. The molecule has 1 aliphatic carbocycles. The first-order chi connectivity index (χ1) is 11.4. The number of thiazole rings is 1. The largest absolute Gasteiger partial charge is 0.381 e. The van der Waals surface area contributed by atoms with Gasteiger partial charge in [0.25, 0.3) is 0 Å². The lowest BCUT2D eigenvalue weighted by Gasteiger charge is -2.40. The van der Waals surface area contributed by atoms with Gasteiger partial charge in [0.15, 0.2) is 0 Å². The Morgan fingerprint density at radius 3 is 2.83 bits per heavy atom. The molecule has 4 aliphatic rings. The van der Waals surface area contributed by atoms with Crippen LogP contribution in [0.3, 0.4) is 0 Å². The highest BCUT2D eigenvalue weighted by atomic mass is 32.1. The van der Waals surface area contributed by atoms with E-state index in [4.69, 9.17) is 14.5 Å². The second-order valence-corrected chi connectivity index (χ2v) is 8.56. The number of piperidine rings is 1. The van der Waals surface area contributed by atoms with Crippen molar-refractivity contribution in [3.63, 3.8) is 0 Å². The Morgan fingerprint density at radius 1 is 1.13 bits per heavy atom. The molecule has 3 aliphatic heterocycles. The number of rotatable bonds is 3. The van der Waals surface area contributed by atoms with Crippen LogP contribution in [0.2, 0.25) is 0 Å². The lowest BCUT2D eigenvalue weighted by molar-refractivity contribution is -0.0382. The summed E-state index contributed by atoms with van der Waals surface area (Å²) in [5, 5.41) is 3.51. The predicted octanol–water partition coefficient (Wildman–Crippen LogP) is 3.35. The number of aromatic nitrogens is 1.